The molecule has 0 N–H and O–H groups in total. The van der Waals surface area contributed by atoms with Crippen LogP contribution >= 0.6 is 11.8 Å². The maximum atomic E-state index is 12.4. The van der Waals surface area contributed by atoms with Gasteiger partial charge in [-0.3, -0.25) is 4.79 Å². The van der Waals surface area contributed by atoms with Crippen LogP contribution in [-0.2, 0) is 5.41 Å². The lowest BCUT2D eigenvalue weighted by molar-refractivity contribution is 0.102. The molecule has 1 heterocycles. The molecule has 0 saturated heterocycles. The molecule has 3 aromatic rings. The number of nitrogens with zero attached hydrogens (tertiary/aromatic N) is 4. The summed E-state index contributed by atoms with van der Waals surface area (Å²) in [5.74, 6) is 0.357. The molecule has 6 heteroatoms. The Morgan fingerprint density at radius 3 is 2.36 bits per heavy atom. The number of benzene rings is 2. The minimum atomic E-state index is 0.0630. The number of carbonyl (C=O) groups is 1. The normalized spacial score (nSPS) is 11.5. The van der Waals surface area contributed by atoms with Crippen LogP contribution in [0.4, 0.5) is 0 Å². The first-order valence-corrected chi connectivity index (χ1v) is 9.04. The molecule has 5 nitrogen and oxygen atoms in total. The van der Waals surface area contributed by atoms with Gasteiger partial charge in [-0.05, 0) is 33.5 Å². The number of Topliss-reactive ketones (excluding diaryl/α,β-unsaturated/α-hetero) is 1. The minimum absolute atomic E-state index is 0.0630. The maximum Gasteiger partial charge on any atom is 0.214 e. The van der Waals surface area contributed by atoms with Gasteiger partial charge in [-0.15, -0.1) is 5.10 Å². The van der Waals surface area contributed by atoms with Gasteiger partial charge in [0.05, 0.1) is 11.4 Å². The fourth-order valence-electron chi connectivity index (χ4n) is 2.37. The molecule has 25 heavy (non-hydrogen) atoms. The number of thioether (sulfide) groups is 1. The Morgan fingerprint density at radius 2 is 1.72 bits per heavy atom. The first-order valence-electron chi connectivity index (χ1n) is 8.05. The van der Waals surface area contributed by atoms with E-state index in [1.165, 1.54) is 17.3 Å². The Bertz CT molecular complexity index is 851. The van der Waals surface area contributed by atoms with Crippen LogP contribution in [0.25, 0.3) is 5.69 Å². The van der Waals surface area contributed by atoms with E-state index in [4.69, 9.17) is 0 Å². The molecule has 3 rings (SSSR count). The third kappa shape index (κ3) is 4.14. The summed E-state index contributed by atoms with van der Waals surface area (Å²) in [7, 11) is 0. The fraction of sp³-hybridized carbons (Fsp3) is 0.263. The van der Waals surface area contributed by atoms with E-state index < -0.39 is 0 Å². The Morgan fingerprint density at radius 1 is 1.04 bits per heavy atom. The zero-order valence-electron chi connectivity index (χ0n) is 14.5. The summed E-state index contributed by atoms with van der Waals surface area (Å²) in [5.41, 5.74) is 2.87. The van der Waals surface area contributed by atoms with E-state index in [1.807, 2.05) is 54.6 Å². The second kappa shape index (κ2) is 7.19. The molecular formula is C19H20N4OS. The largest absolute Gasteiger partial charge is 0.293 e. The van der Waals surface area contributed by atoms with Crippen molar-refractivity contribution in [3.8, 4) is 5.69 Å². The summed E-state index contributed by atoms with van der Waals surface area (Å²) in [6, 6.07) is 17.5. The monoisotopic (exact) mass is 352 g/mol. The second-order valence-corrected chi connectivity index (χ2v) is 7.69. The lowest BCUT2D eigenvalue weighted by Crippen LogP contribution is -2.11. The van der Waals surface area contributed by atoms with Gasteiger partial charge in [0.1, 0.15) is 0 Å². The first-order chi connectivity index (χ1) is 11.9. The number of para-hydroxylation sites is 1. The topological polar surface area (TPSA) is 60.7 Å². The fourth-order valence-corrected chi connectivity index (χ4v) is 3.16. The van der Waals surface area contributed by atoms with Gasteiger partial charge in [0.2, 0.25) is 5.16 Å². The zero-order chi connectivity index (χ0) is 17.9. The van der Waals surface area contributed by atoms with Crippen molar-refractivity contribution in [2.75, 3.05) is 5.75 Å². The van der Waals surface area contributed by atoms with Crippen molar-refractivity contribution in [2.45, 2.75) is 31.3 Å². The molecule has 0 aliphatic heterocycles. The van der Waals surface area contributed by atoms with Crippen molar-refractivity contribution < 1.29 is 4.79 Å². The average molecular weight is 352 g/mol. The van der Waals surface area contributed by atoms with Gasteiger partial charge in [-0.25, -0.2) is 0 Å². The molecule has 0 spiro atoms. The summed E-state index contributed by atoms with van der Waals surface area (Å²) < 4.78 is 1.64. The number of ketones is 1. The van der Waals surface area contributed by atoms with Crippen LogP contribution in [0.2, 0.25) is 0 Å². The van der Waals surface area contributed by atoms with Gasteiger partial charge in [0.15, 0.2) is 5.78 Å². The van der Waals surface area contributed by atoms with E-state index in [-0.39, 0.29) is 11.2 Å². The molecule has 2 aromatic carbocycles. The second-order valence-electron chi connectivity index (χ2n) is 6.75. The summed E-state index contributed by atoms with van der Waals surface area (Å²) in [5, 5.41) is 12.3. The number of carbonyl (C=O) groups excluding carboxylic acids is 1. The molecule has 1 aromatic heterocycles. The van der Waals surface area contributed by atoms with Crippen LogP contribution in [0.15, 0.2) is 59.8 Å². The zero-order valence-corrected chi connectivity index (χ0v) is 15.3. The Labute approximate surface area is 151 Å². The third-order valence-electron chi connectivity index (χ3n) is 3.85. The van der Waals surface area contributed by atoms with E-state index in [1.54, 1.807) is 4.68 Å². The molecule has 0 unspecified atom stereocenters. The SMILES string of the molecule is CC(C)(C)c1ccc(C(=O)CSc2nnnn2-c2ccccc2)cc1. The van der Waals surface area contributed by atoms with Crippen molar-refractivity contribution in [3.63, 3.8) is 0 Å². The van der Waals surface area contributed by atoms with Gasteiger partial charge < -0.3 is 0 Å². The van der Waals surface area contributed by atoms with Gasteiger partial charge in [0.25, 0.3) is 0 Å². The van der Waals surface area contributed by atoms with Crippen LogP contribution in [0.3, 0.4) is 0 Å². The number of rotatable bonds is 5. The quantitative estimate of drug-likeness (QED) is 0.514. The Kier molecular flexibility index (Phi) is 4.99. The van der Waals surface area contributed by atoms with E-state index in [9.17, 15) is 4.79 Å². The third-order valence-corrected chi connectivity index (χ3v) is 4.77. The highest BCUT2D eigenvalue weighted by Gasteiger charge is 2.15. The van der Waals surface area contributed by atoms with E-state index >= 15 is 0 Å². The van der Waals surface area contributed by atoms with E-state index in [0.717, 1.165) is 5.69 Å². The Hall–Kier alpha value is -2.47. The van der Waals surface area contributed by atoms with Gasteiger partial charge in [-0.2, -0.15) is 4.68 Å². The molecule has 0 bridgehead atoms. The number of aromatic nitrogens is 4. The predicted octanol–water partition coefficient (Wildman–Crippen LogP) is 3.93. The van der Waals surface area contributed by atoms with Gasteiger partial charge >= 0.3 is 0 Å². The summed E-state index contributed by atoms with van der Waals surface area (Å²) in [6.07, 6.45) is 0. The predicted molar refractivity (Wildman–Crippen MR) is 99.4 cm³/mol. The van der Waals surface area contributed by atoms with Crippen molar-refractivity contribution in [2.24, 2.45) is 0 Å². The lowest BCUT2D eigenvalue weighted by Gasteiger charge is -2.18. The molecule has 0 atom stereocenters. The molecule has 0 fully saturated rings. The molecule has 0 radical (unpaired) electrons. The molecule has 0 aliphatic carbocycles. The van der Waals surface area contributed by atoms with Crippen LogP contribution < -0.4 is 0 Å². The van der Waals surface area contributed by atoms with E-state index in [0.29, 0.717) is 16.5 Å². The number of hydrogen-bond acceptors (Lipinski definition) is 5. The minimum Gasteiger partial charge on any atom is -0.293 e. The number of tetrazole rings is 1. The smallest absolute Gasteiger partial charge is 0.214 e. The van der Waals surface area contributed by atoms with Crippen molar-refractivity contribution >= 4 is 17.5 Å². The lowest BCUT2D eigenvalue weighted by atomic mass is 9.86. The molecular weight excluding hydrogens is 332 g/mol. The maximum absolute atomic E-state index is 12.4. The molecule has 0 aliphatic rings. The van der Waals surface area contributed by atoms with Crippen molar-refractivity contribution in [1.82, 2.24) is 20.2 Å². The average Bonchev–Trinajstić information content (AvgIpc) is 3.08. The van der Waals surface area contributed by atoms with Crippen LogP contribution in [-0.4, -0.2) is 31.7 Å². The number of hydrogen-bond donors (Lipinski definition) is 0. The van der Waals surface area contributed by atoms with Crippen LogP contribution in [0, 0.1) is 0 Å². The highest BCUT2D eigenvalue weighted by atomic mass is 32.2. The summed E-state index contributed by atoms with van der Waals surface area (Å²) >= 11 is 1.34. The van der Waals surface area contributed by atoms with Gasteiger partial charge in [-0.1, -0.05) is 75.0 Å². The van der Waals surface area contributed by atoms with Crippen molar-refractivity contribution in [1.29, 1.82) is 0 Å². The molecule has 128 valence electrons. The van der Waals surface area contributed by atoms with Crippen LogP contribution in [0.1, 0.15) is 36.7 Å². The standard InChI is InChI=1S/C19H20N4OS/c1-19(2,3)15-11-9-14(10-12-15)17(24)13-25-18-20-21-22-23(18)16-7-5-4-6-8-16/h4-12H,13H2,1-3H3. The first kappa shape index (κ1) is 17.4. The molecule has 0 saturated carbocycles. The summed E-state index contributed by atoms with van der Waals surface area (Å²) in [6.45, 7) is 6.47. The van der Waals surface area contributed by atoms with Crippen molar-refractivity contribution in [3.05, 3.63) is 65.7 Å². The Balaban J connectivity index is 1.69. The molecule has 0 amide bonds. The highest BCUT2D eigenvalue weighted by molar-refractivity contribution is 7.99. The highest BCUT2D eigenvalue weighted by Crippen LogP contribution is 2.23. The summed E-state index contributed by atoms with van der Waals surface area (Å²) in [4.78, 5) is 12.4. The van der Waals surface area contributed by atoms with Gasteiger partial charge in [0, 0.05) is 5.56 Å². The van der Waals surface area contributed by atoms with Crippen LogP contribution in [0.5, 0.6) is 0 Å². The van der Waals surface area contributed by atoms with E-state index in [2.05, 4.69) is 36.3 Å².